The maximum Gasteiger partial charge on any atom is 0.340 e. The van der Waals surface area contributed by atoms with Gasteiger partial charge in [-0.3, -0.25) is 4.79 Å². The minimum Gasteiger partial charge on any atom is -0.449 e. The van der Waals surface area contributed by atoms with Crippen LogP contribution >= 0.6 is 11.8 Å². The monoisotopic (exact) mass is 306 g/mol. The molecule has 0 saturated carbocycles. The van der Waals surface area contributed by atoms with Crippen molar-refractivity contribution in [2.24, 2.45) is 0 Å². The van der Waals surface area contributed by atoms with Crippen LogP contribution < -0.4 is 0 Å². The largest absolute Gasteiger partial charge is 0.449 e. The van der Waals surface area contributed by atoms with Gasteiger partial charge in [0.1, 0.15) is 0 Å². The van der Waals surface area contributed by atoms with Gasteiger partial charge in [-0.15, -0.1) is 11.8 Å². The van der Waals surface area contributed by atoms with Gasteiger partial charge < -0.3 is 9.64 Å². The predicted octanol–water partition coefficient (Wildman–Crippen LogP) is 2.33. The molecule has 1 rings (SSSR count). The number of nitriles is 1. The molecule has 1 amide bonds. The molecule has 1 aromatic rings. The molecule has 1 atom stereocenters. The molecule has 0 aliphatic carbocycles. The van der Waals surface area contributed by atoms with Gasteiger partial charge >= 0.3 is 5.97 Å². The highest BCUT2D eigenvalue weighted by Gasteiger charge is 2.23. The zero-order valence-electron chi connectivity index (χ0n) is 12.3. The molecule has 0 bridgehead atoms. The molecule has 0 unspecified atom stereocenters. The molecule has 21 heavy (non-hydrogen) atoms. The van der Waals surface area contributed by atoms with Gasteiger partial charge in [0.25, 0.3) is 5.91 Å². The molecule has 0 fully saturated rings. The van der Waals surface area contributed by atoms with Gasteiger partial charge in [-0.05, 0) is 25.3 Å². The Hall–Kier alpha value is -2.00. The predicted molar refractivity (Wildman–Crippen MR) is 81.0 cm³/mol. The Kier molecular flexibility index (Phi) is 6.76. The molecule has 5 nitrogen and oxygen atoms in total. The number of ether oxygens (including phenoxy) is 1. The van der Waals surface area contributed by atoms with Gasteiger partial charge in [-0.25, -0.2) is 4.79 Å². The molecule has 112 valence electrons. The lowest BCUT2D eigenvalue weighted by molar-refractivity contribution is -0.138. The lowest BCUT2D eigenvalue weighted by Gasteiger charge is -2.20. The summed E-state index contributed by atoms with van der Waals surface area (Å²) < 4.78 is 5.22. The van der Waals surface area contributed by atoms with Gasteiger partial charge in [-0.2, -0.15) is 5.26 Å². The van der Waals surface area contributed by atoms with Crippen LogP contribution in [-0.2, 0) is 9.53 Å². The number of thioether (sulfide) groups is 1. The summed E-state index contributed by atoms with van der Waals surface area (Å²) in [7, 11) is 1.58. The summed E-state index contributed by atoms with van der Waals surface area (Å²) in [6.45, 7) is 1.85. The Morgan fingerprint density at radius 1 is 1.43 bits per heavy atom. The average Bonchev–Trinajstić information content (AvgIpc) is 2.51. The van der Waals surface area contributed by atoms with Crippen molar-refractivity contribution in [1.29, 1.82) is 5.26 Å². The maximum atomic E-state index is 12.1. The first-order chi connectivity index (χ1) is 10.0. The van der Waals surface area contributed by atoms with E-state index in [4.69, 9.17) is 10.00 Å². The molecule has 0 aromatic heterocycles. The fourth-order valence-corrected chi connectivity index (χ4v) is 2.31. The zero-order valence-corrected chi connectivity index (χ0v) is 13.1. The quantitative estimate of drug-likeness (QED) is 0.596. The van der Waals surface area contributed by atoms with E-state index in [9.17, 15) is 9.59 Å². The number of esters is 1. The van der Waals surface area contributed by atoms with Crippen LogP contribution in [-0.4, -0.2) is 42.7 Å². The van der Waals surface area contributed by atoms with Crippen LogP contribution in [0, 0.1) is 11.3 Å². The molecule has 1 aromatic carbocycles. The highest BCUT2D eigenvalue weighted by atomic mass is 32.2. The molecule has 0 spiro atoms. The van der Waals surface area contributed by atoms with Gasteiger partial charge in [0.2, 0.25) is 0 Å². The highest BCUT2D eigenvalue weighted by Crippen LogP contribution is 2.21. The summed E-state index contributed by atoms with van der Waals surface area (Å²) in [6.07, 6.45) is 1.24. The van der Waals surface area contributed by atoms with E-state index in [0.29, 0.717) is 12.1 Å². The first kappa shape index (κ1) is 17.1. The summed E-state index contributed by atoms with van der Waals surface area (Å²) in [4.78, 5) is 26.3. The fraction of sp³-hybridized carbons (Fsp3) is 0.400. The van der Waals surface area contributed by atoms with E-state index < -0.39 is 12.1 Å². The molecular weight excluding hydrogens is 288 g/mol. The second kappa shape index (κ2) is 8.32. The van der Waals surface area contributed by atoms with E-state index >= 15 is 0 Å². The third-order valence-corrected chi connectivity index (χ3v) is 3.69. The Morgan fingerprint density at radius 2 is 2.10 bits per heavy atom. The van der Waals surface area contributed by atoms with E-state index in [1.165, 1.54) is 23.6 Å². The lowest BCUT2D eigenvalue weighted by Crippen LogP contribution is -2.38. The molecule has 0 aliphatic heterocycles. The maximum absolute atomic E-state index is 12.1. The number of carbonyl (C=O) groups excluding carboxylic acids is 2. The van der Waals surface area contributed by atoms with Crippen LogP contribution in [0.4, 0.5) is 0 Å². The number of rotatable bonds is 6. The molecule has 0 radical (unpaired) electrons. The number of amides is 1. The third kappa shape index (κ3) is 4.80. The summed E-state index contributed by atoms with van der Waals surface area (Å²) in [6, 6.07) is 9.06. The van der Waals surface area contributed by atoms with E-state index in [2.05, 4.69) is 0 Å². The highest BCUT2D eigenvalue weighted by molar-refractivity contribution is 7.98. The van der Waals surface area contributed by atoms with E-state index in [1.54, 1.807) is 19.2 Å². The van der Waals surface area contributed by atoms with Crippen molar-refractivity contribution in [2.45, 2.75) is 24.3 Å². The zero-order chi connectivity index (χ0) is 15.8. The Morgan fingerprint density at radius 3 is 2.71 bits per heavy atom. The summed E-state index contributed by atoms with van der Waals surface area (Å²) in [5, 5.41) is 8.51. The van der Waals surface area contributed by atoms with Crippen LogP contribution in [0.5, 0.6) is 0 Å². The van der Waals surface area contributed by atoms with Crippen LogP contribution in [0.3, 0.4) is 0 Å². The molecule has 0 N–H and O–H groups in total. The second-order valence-electron chi connectivity index (χ2n) is 4.42. The van der Waals surface area contributed by atoms with Crippen molar-refractivity contribution >= 4 is 23.6 Å². The number of benzene rings is 1. The number of likely N-dealkylation sites (N-methyl/N-ethyl adjacent to an activating group) is 1. The molecule has 0 aliphatic rings. The first-order valence-corrected chi connectivity index (χ1v) is 7.69. The Bertz CT molecular complexity index is 554. The van der Waals surface area contributed by atoms with Crippen molar-refractivity contribution in [3.8, 4) is 6.07 Å². The smallest absolute Gasteiger partial charge is 0.340 e. The average molecular weight is 306 g/mol. The summed E-state index contributed by atoms with van der Waals surface area (Å²) in [5.41, 5.74) is 0.448. The van der Waals surface area contributed by atoms with Crippen molar-refractivity contribution in [3.63, 3.8) is 0 Å². The second-order valence-corrected chi connectivity index (χ2v) is 5.26. The Labute approximate surface area is 128 Å². The number of hydrogen-bond donors (Lipinski definition) is 0. The lowest BCUT2D eigenvalue weighted by atomic mass is 10.2. The topological polar surface area (TPSA) is 70.4 Å². The number of hydrogen-bond acceptors (Lipinski definition) is 5. The van der Waals surface area contributed by atoms with Crippen LogP contribution in [0.1, 0.15) is 23.7 Å². The van der Waals surface area contributed by atoms with E-state index in [-0.39, 0.29) is 12.3 Å². The molecule has 0 saturated heterocycles. The fourth-order valence-electron chi connectivity index (χ4n) is 1.73. The Balaban J connectivity index is 2.70. The minimum atomic E-state index is -0.879. The molecule has 6 heteroatoms. The van der Waals surface area contributed by atoms with E-state index in [0.717, 1.165) is 4.90 Å². The minimum absolute atomic E-state index is 0.248. The van der Waals surface area contributed by atoms with Gasteiger partial charge in [0, 0.05) is 18.5 Å². The van der Waals surface area contributed by atoms with Gasteiger partial charge in [-0.1, -0.05) is 12.1 Å². The van der Waals surface area contributed by atoms with Crippen molar-refractivity contribution < 1.29 is 14.3 Å². The van der Waals surface area contributed by atoms with Crippen molar-refractivity contribution in [2.75, 3.05) is 19.8 Å². The standard InChI is InChI=1S/C15H18N2O3S/c1-11(14(18)17(2)10-6-9-16)20-15(19)12-7-4-5-8-13(12)21-3/h4-5,7-8,11H,6,10H2,1-3H3/t11-/m1/s1. The normalized spacial score (nSPS) is 11.3. The molecular formula is C15H18N2O3S. The van der Waals surface area contributed by atoms with Crippen LogP contribution in [0.15, 0.2) is 29.2 Å². The van der Waals surface area contributed by atoms with Crippen LogP contribution in [0.25, 0.3) is 0 Å². The molecule has 0 heterocycles. The van der Waals surface area contributed by atoms with Crippen LogP contribution in [0.2, 0.25) is 0 Å². The third-order valence-electron chi connectivity index (χ3n) is 2.89. The summed E-state index contributed by atoms with van der Waals surface area (Å²) in [5.74, 6) is -0.838. The van der Waals surface area contributed by atoms with Crippen molar-refractivity contribution in [1.82, 2.24) is 4.90 Å². The van der Waals surface area contributed by atoms with Gasteiger partial charge in [0.15, 0.2) is 6.10 Å². The number of nitrogens with zero attached hydrogens (tertiary/aromatic N) is 2. The van der Waals surface area contributed by atoms with Crippen molar-refractivity contribution in [3.05, 3.63) is 29.8 Å². The SMILES string of the molecule is CSc1ccccc1C(=O)O[C@H](C)C(=O)N(C)CCC#N. The van der Waals surface area contributed by atoms with Gasteiger partial charge in [0.05, 0.1) is 18.1 Å². The van der Waals surface area contributed by atoms with E-state index in [1.807, 2.05) is 24.5 Å². The first-order valence-electron chi connectivity index (χ1n) is 6.47. The number of carbonyl (C=O) groups is 2. The summed E-state index contributed by atoms with van der Waals surface area (Å²) >= 11 is 1.44.